The average molecular weight is 250 g/mol. The van der Waals surface area contributed by atoms with Gasteiger partial charge in [0.15, 0.2) is 0 Å². The van der Waals surface area contributed by atoms with Crippen LogP contribution in [0.5, 0.6) is 0 Å². The number of hydrogen-bond donors (Lipinski definition) is 2. The third-order valence-electron chi connectivity index (χ3n) is 1.80. The first-order valence-corrected chi connectivity index (χ1v) is 5.30. The number of thiophene rings is 1. The maximum atomic E-state index is 8.88. The second kappa shape index (κ2) is 3.87. The van der Waals surface area contributed by atoms with E-state index < -0.39 is 0 Å². The molecule has 4 heteroatoms. The maximum absolute atomic E-state index is 8.88. The molecule has 12 heavy (non-hydrogen) atoms. The quantitative estimate of drug-likeness (QED) is 0.844. The minimum absolute atomic E-state index is 0.00718. The van der Waals surface area contributed by atoms with Gasteiger partial charge in [-0.05, 0) is 35.3 Å². The van der Waals surface area contributed by atoms with E-state index in [9.17, 15) is 0 Å². The molecule has 0 spiro atoms. The molecule has 0 saturated carbocycles. The lowest BCUT2D eigenvalue weighted by Crippen LogP contribution is -2.13. The highest BCUT2D eigenvalue weighted by atomic mass is 79.9. The number of hydrogen-bond acceptors (Lipinski definition) is 3. The molecule has 0 bridgehead atoms. The predicted molar refractivity (Wildman–Crippen MR) is 55.5 cm³/mol. The Morgan fingerprint density at radius 2 is 2.17 bits per heavy atom. The van der Waals surface area contributed by atoms with Crippen LogP contribution in [0.1, 0.15) is 21.4 Å². The molecule has 1 aromatic rings. The Morgan fingerprint density at radius 3 is 2.50 bits per heavy atom. The number of nitrogens with two attached hydrogens (primary N) is 1. The van der Waals surface area contributed by atoms with Gasteiger partial charge in [-0.25, -0.2) is 0 Å². The van der Waals surface area contributed by atoms with Crippen molar-refractivity contribution >= 4 is 27.3 Å². The van der Waals surface area contributed by atoms with Gasteiger partial charge in [-0.3, -0.25) is 0 Å². The molecule has 1 rings (SSSR count). The number of aliphatic hydroxyl groups excluding tert-OH is 1. The first kappa shape index (κ1) is 10.2. The summed E-state index contributed by atoms with van der Waals surface area (Å²) in [7, 11) is 0. The van der Waals surface area contributed by atoms with Crippen molar-refractivity contribution in [1.29, 1.82) is 0 Å². The molecule has 1 unspecified atom stereocenters. The zero-order chi connectivity index (χ0) is 9.30. The summed E-state index contributed by atoms with van der Waals surface area (Å²) >= 11 is 5.11. The normalized spacial score (nSPS) is 13.4. The van der Waals surface area contributed by atoms with Crippen molar-refractivity contribution in [1.82, 2.24) is 0 Å². The van der Waals surface area contributed by atoms with Crippen LogP contribution in [-0.2, 0) is 0 Å². The predicted octanol–water partition coefficient (Wildman–Crippen LogP) is 2.12. The Kier molecular flexibility index (Phi) is 3.29. The lowest BCUT2D eigenvalue weighted by molar-refractivity contribution is 0.269. The second-order valence-electron chi connectivity index (χ2n) is 2.75. The molecule has 0 radical (unpaired) electrons. The van der Waals surface area contributed by atoms with Crippen molar-refractivity contribution in [3.8, 4) is 0 Å². The number of rotatable bonds is 2. The van der Waals surface area contributed by atoms with E-state index in [0.717, 1.165) is 14.9 Å². The van der Waals surface area contributed by atoms with E-state index >= 15 is 0 Å². The van der Waals surface area contributed by atoms with E-state index in [4.69, 9.17) is 10.8 Å². The largest absolute Gasteiger partial charge is 0.394 e. The maximum Gasteiger partial charge on any atom is 0.0632 e. The summed E-state index contributed by atoms with van der Waals surface area (Å²) < 4.78 is 1.12. The summed E-state index contributed by atoms with van der Waals surface area (Å²) in [5, 5.41) is 8.88. The van der Waals surface area contributed by atoms with Crippen molar-refractivity contribution in [2.45, 2.75) is 19.9 Å². The number of aryl methyl sites for hydroxylation is 1. The molecule has 0 fully saturated rings. The molecule has 68 valence electrons. The van der Waals surface area contributed by atoms with Crippen LogP contribution in [0.3, 0.4) is 0 Å². The van der Waals surface area contributed by atoms with Gasteiger partial charge in [0.1, 0.15) is 0 Å². The van der Waals surface area contributed by atoms with Crippen molar-refractivity contribution in [3.05, 3.63) is 19.8 Å². The van der Waals surface area contributed by atoms with Gasteiger partial charge >= 0.3 is 0 Å². The molecule has 3 N–H and O–H groups in total. The molecule has 1 heterocycles. The van der Waals surface area contributed by atoms with Gasteiger partial charge in [0.25, 0.3) is 0 Å². The van der Waals surface area contributed by atoms with Crippen molar-refractivity contribution < 1.29 is 5.11 Å². The van der Waals surface area contributed by atoms with Gasteiger partial charge in [0.2, 0.25) is 0 Å². The van der Waals surface area contributed by atoms with E-state index in [1.54, 1.807) is 11.3 Å². The second-order valence-corrected chi connectivity index (χ2v) is 4.80. The fourth-order valence-corrected chi connectivity index (χ4v) is 2.74. The number of halogens is 1. The average Bonchev–Trinajstić information content (AvgIpc) is 2.32. The lowest BCUT2D eigenvalue weighted by atomic mass is 10.2. The zero-order valence-corrected chi connectivity index (χ0v) is 9.50. The Labute approximate surface area is 84.5 Å². The van der Waals surface area contributed by atoms with Gasteiger partial charge in [0.05, 0.1) is 12.6 Å². The van der Waals surface area contributed by atoms with Gasteiger partial charge in [0, 0.05) is 14.2 Å². The Hall–Kier alpha value is 0.100. The van der Waals surface area contributed by atoms with Crippen LogP contribution < -0.4 is 5.73 Å². The van der Waals surface area contributed by atoms with Crippen molar-refractivity contribution in [3.63, 3.8) is 0 Å². The summed E-state index contributed by atoms with van der Waals surface area (Å²) in [5.74, 6) is 0. The smallest absolute Gasteiger partial charge is 0.0632 e. The van der Waals surface area contributed by atoms with Crippen LogP contribution in [0.4, 0.5) is 0 Å². The minimum atomic E-state index is -0.236. The van der Waals surface area contributed by atoms with E-state index in [-0.39, 0.29) is 12.6 Å². The van der Waals surface area contributed by atoms with Crippen LogP contribution in [0.15, 0.2) is 4.47 Å². The summed E-state index contributed by atoms with van der Waals surface area (Å²) in [6, 6.07) is -0.236. The highest BCUT2D eigenvalue weighted by Crippen LogP contribution is 2.34. The molecule has 0 saturated heterocycles. The first-order valence-electron chi connectivity index (χ1n) is 3.69. The van der Waals surface area contributed by atoms with Crippen molar-refractivity contribution in [2.24, 2.45) is 5.73 Å². The Balaban J connectivity index is 3.08. The van der Waals surface area contributed by atoms with Gasteiger partial charge in [-0.1, -0.05) is 0 Å². The fourth-order valence-electron chi connectivity index (χ4n) is 1.10. The summed E-state index contributed by atoms with van der Waals surface area (Å²) in [6.45, 7) is 4.06. The van der Waals surface area contributed by atoms with Crippen LogP contribution in [-0.4, -0.2) is 11.7 Å². The molecule has 1 atom stereocenters. The van der Waals surface area contributed by atoms with Gasteiger partial charge in [-0.15, -0.1) is 11.3 Å². The molecule has 0 aliphatic carbocycles. The molecule has 0 aromatic carbocycles. The van der Waals surface area contributed by atoms with E-state index in [1.807, 2.05) is 13.8 Å². The highest BCUT2D eigenvalue weighted by molar-refractivity contribution is 9.10. The lowest BCUT2D eigenvalue weighted by Gasteiger charge is -2.05. The summed E-state index contributed by atoms with van der Waals surface area (Å²) in [6.07, 6.45) is 0. The molecular formula is C8H12BrNOS. The van der Waals surface area contributed by atoms with Gasteiger partial charge < -0.3 is 10.8 Å². The Bertz CT molecular complexity index is 285. The Morgan fingerprint density at radius 1 is 1.58 bits per heavy atom. The topological polar surface area (TPSA) is 46.2 Å². The molecule has 0 aliphatic heterocycles. The van der Waals surface area contributed by atoms with Crippen LogP contribution in [0.2, 0.25) is 0 Å². The molecule has 2 nitrogen and oxygen atoms in total. The summed E-state index contributed by atoms with van der Waals surface area (Å²) in [4.78, 5) is 2.29. The summed E-state index contributed by atoms with van der Waals surface area (Å²) in [5.41, 5.74) is 6.87. The van der Waals surface area contributed by atoms with Gasteiger partial charge in [-0.2, -0.15) is 0 Å². The van der Waals surface area contributed by atoms with E-state index in [1.165, 1.54) is 4.88 Å². The molecule has 0 amide bonds. The number of aliphatic hydroxyl groups is 1. The molecule has 1 aromatic heterocycles. The van der Waals surface area contributed by atoms with Crippen LogP contribution in [0, 0.1) is 13.8 Å². The standard InChI is InChI=1S/C8H12BrNOS/c1-4-7(9)5(2)12-8(4)6(10)3-11/h6,11H,3,10H2,1-2H3. The third-order valence-corrected chi connectivity index (χ3v) is 4.60. The fraction of sp³-hybridized carbons (Fsp3) is 0.500. The first-order chi connectivity index (χ1) is 5.57. The third kappa shape index (κ3) is 1.71. The van der Waals surface area contributed by atoms with Crippen LogP contribution in [0.25, 0.3) is 0 Å². The van der Waals surface area contributed by atoms with E-state index in [0.29, 0.717) is 0 Å². The zero-order valence-electron chi connectivity index (χ0n) is 7.10. The highest BCUT2D eigenvalue weighted by Gasteiger charge is 2.14. The molecular weight excluding hydrogens is 238 g/mol. The molecule has 0 aliphatic rings. The monoisotopic (exact) mass is 249 g/mol. The SMILES string of the molecule is Cc1sc(C(N)CO)c(C)c1Br. The van der Waals surface area contributed by atoms with Crippen molar-refractivity contribution in [2.75, 3.05) is 6.61 Å². The van der Waals surface area contributed by atoms with E-state index in [2.05, 4.69) is 15.9 Å². The minimum Gasteiger partial charge on any atom is -0.394 e. The van der Waals surface area contributed by atoms with Crippen LogP contribution >= 0.6 is 27.3 Å².